The lowest BCUT2D eigenvalue weighted by molar-refractivity contribution is -0.384. The molecule has 0 aliphatic carbocycles. The zero-order chi connectivity index (χ0) is 17.8. The molecule has 0 aromatic heterocycles. The summed E-state index contributed by atoms with van der Waals surface area (Å²) in [7, 11) is 1.34. The molecule has 7 nitrogen and oxygen atoms in total. The standard InChI is InChI=1S/C18H18N2O5/c1-24-18(21)10-15-12-19(11-13-5-3-2-4-6-13)16-9-14(20(22)23)7-8-17(16)25-15/h2-9,15H,10-12H2,1H3. The lowest BCUT2D eigenvalue weighted by Gasteiger charge is -2.36. The summed E-state index contributed by atoms with van der Waals surface area (Å²) in [5, 5.41) is 11.1. The summed E-state index contributed by atoms with van der Waals surface area (Å²) in [6.07, 6.45) is -0.247. The first-order valence-electron chi connectivity index (χ1n) is 7.87. The van der Waals surface area contributed by atoms with Gasteiger partial charge in [-0.15, -0.1) is 0 Å². The van der Waals surface area contributed by atoms with Crippen LogP contribution in [0.5, 0.6) is 5.75 Å². The van der Waals surface area contributed by atoms with Crippen molar-refractivity contribution in [2.75, 3.05) is 18.6 Å². The first kappa shape index (κ1) is 16.8. The number of nitro benzene ring substituents is 1. The number of non-ortho nitro benzene ring substituents is 1. The van der Waals surface area contributed by atoms with Crippen LogP contribution in [-0.2, 0) is 16.1 Å². The van der Waals surface area contributed by atoms with Crippen LogP contribution in [0.1, 0.15) is 12.0 Å². The number of ether oxygens (including phenoxy) is 2. The third-order valence-corrected chi connectivity index (χ3v) is 4.05. The van der Waals surface area contributed by atoms with Crippen molar-refractivity contribution in [2.45, 2.75) is 19.1 Å². The van der Waals surface area contributed by atoms with Crippen LogP contribution in [0, 0.1) is 10.1 Å². The number of nitrogens with zero attached hydrogens (tertiary/aromatic N) is 2. The number of esters is 1. The number of benzene rings is 2. The van der Waals surface area contributed by atoms with Gasteiger partial charge in [0.1, 0.15) is 11.9 Å². The maximum absolute atomic E-state index is 11.6. The quantitative estimate of drug-likeness (QED) is 0.472. The van der Waals surface area contributed by atoms with Gasteiger partial charge in [-0.25, -0.2) is 0 Å². The number of nitro groups is 1. The Labute approximate surface area is 144 Å². The number of rotatable bonds is 5. The fourth-order valence-corrected chi connectivity index (χ4v) is 2.86. The van der Waals surface area contributed by atoms with E-state index in [0.717, 1.165) is 5.56 Å². The molecule has 1 aliphatic heterocycles. The van der Waals surface area contributed by atoms with Crippen LogP contribution in [0.25, 0.3) is 0 Å². The van der Waals surface area contributed by atoms with Gasteiger partial charge in [0.25, 0.3) is 5.69 Å². The molecule has 0 fully saturated rings. The monoisotopic (exact) mass is 342 g/mol. The predicted molar refractivity (Wildman–Crippen MR) is 91.6 cm³/mol. The minimum atomic E-state index is -0.429. The summed E-state index contributed by atoms with van der Waals surface area (Å²) in [4.78, 5) is 24.2. The van der Waals surface area contributed by atoms with Gasteiger partial charge in [-0.1, -0.05) is 30.3 Å². The largest absolute Gasteiger partial charge is 0.486 e. The normalized spacial score (nSPS) is 15.9. The van der Waals surface area contributed by atoms with Crippen molar-refractivity contribution in [3.05, 3.63) is 64.2 Å². The minimum Gasteiger partial charge on any atom is -0.486 e. The summed E-state index contributed by atoms with van der Waals surface area (Å²) in [5.41, 5.74) is 1.73. The van der Waals surface area contributed by atoms with Crippen LogP contribution in [0.15, 0.2) is 48.5 Å². The smallest absolute Gasteiger partial charge is 0.309 e. The fraction of sp³-hybridized carbons (Fsp3) is 0.278. The van der Waals surface area contributed by atoms with E-state index < -0.39 is 4.92 Å². The van der Waals surface area contributed by atoms with Gasteiger partial charge in [-0.05, 0) is 11.6 Å². The van der Waals surface area contributed by atoms with Gasteiger partial charge in [0.15, 0.2) is 0 Å². The first-order chi connectivity index (χ1) is 12.1. The van der Waals surface area contributed by atoms with E-state index in [1.54, 1.807) is 6.07 Å². The highest BCUT2D eigenvalue weighted by molar-refractivity contribution is 5.71. The Bertz CT molecular complexity index is 778. The van der Waals surface area contributed by atoms with E-state index in [2.05, 4.69) is 0 Å². The van der Waals surface area contributed by atoms with Crippen molar-refractivity contribution in [1.82, 2.24) is 0 Å². The SMILES string of the molecule is COC(=O)CC1CN(Cc2ccccc2)c2cc([N+](=O)[O-])ccc2O1. The number of carbonyl (C=O) groups is 1. The van der Waals surface area contributed by atoms with Crippen LogP contribution < -0.4 is 9.64 Å². The maximum atomic E-state index is 11.6. The zero-order valence-electron chi connectivity index (χ0n) is 13.8. The molecular formula is C18H18N2O5. The van der Waals surface area contributed by atoms with Gasteiger partial charge in [-0.2, -0.15) is 0 Å². The molecule has 0 N–H and O–H groups in total. The predicted octanol–water partition coefficient (Wildman–Crippen LogP) is 2.93. The molecule has 2 aromatic carbocycles. The van der Waals surface area contributed by atoms with Crippen LogP contribution in [0.4, 0.5) is 11.4 Å². The number of carbonyl (C=O) groups excluding carboxylic acids is 1. The van der Waals surface area contributed by atoms with Gasteiger partial charge in [-0.3, -0.25) is 14.9 Å². The minimum absolute atomic E-state index is 0.00632. The van der Waals surface area contributed by atoms with Crippen LogP contribution in [0.2, 0.25) is 0 Å². The maximum Gasteiger partial charge on any atom is 0.309 e. The Hall–Kier alpha value is -3.09. The second-order valence-corrected chi connectivity index (χ2v) is 5.80. The van der Waals surface area contributed by atoms with Crippen molar-refractivity contribution < 1.29 is 19.2 Å². The van der Waals surface area contributed by atoms with Crippen molar-refractivity contribution >= 4 is 17.3 Å². The molecule has 0 bridgehead atoms. The highest BCUT2D eigenvalue weighted by atomic mass is 16.6. The van der Waals surface area contributed by atoms with Crippen LogP contribution >= 0.6 is 0 Å². The van der Waals surface area contributed by atoms with E-state index >= 15 is 0 Å². The van der Waals surface area contributed by atoms with E-state index in [1.165, 1.54) is 19.2 Å². The Morgan fingerprint density at radius 3 is 2.76 bits per heavy atom. The first-order valence-corrected chi connectivity index (χ1v) is 7.87. The van der Waals surface area contributed by atoms with E-state index in [9.17, 15) is 14.9 Å². The second kappa shape index (κ2) is 7.21. The van der Waals surface area contributed by atoms with Gasteiger partial charge < -0.3 is 14.4 Å². The fourth-order valence-electron chi connectivity index (χ4n) is 2.86. The molecule has 2 aromatic rings. The number of methoxy groups -OCH3 is 1. The van der Waals surface area contributed by atoms with Crippen molar-refractivity contribution in [3.63, 3.8) is 0 Å². The molecule has 7 heteroatoms. The number of fused-ring (bicyclic) bond motifs is 1. The number of anilines is 1. The Balaban J connectivity index is 1.91. The number of hydrogen-bond acceptors (Lipinski definition) is 6. The van der Waals surface area contributed by atoms with Crippen molar-refractivity contribution in [2.24, 2.45) is 0 Å². The Morgan fingerprint density at radius 1 is 1.32 bits per heavy atom. The second-order valence-electron chi connectivity index (χ2n) is 5.80. The van der Waals surface area contributed by atoms with E-state index in [1.807, 2.05) is 35.2 Å². The topological polar surface area (TPSA) is 81.9 Å². The summed E-state index contributed by atoms with van der Waals surface area (Å²) < 4.78 is 10.6. The van der Waals surface area contributed by atoms with Crippen molar-refractivity contribution in [3.8, 4) is 5.75 Å². The molecule has 130 valence electrons. The van der Waals surface area contributed by atoms with Crippen molar-refractivity contribution in [1.29, 1.82) is 0 Å². The molecule has 1 unspecified atom stereocenters. The van der Waals surface area contributed by atoms with E-state index in [4.69, 9.17) is 9.47 Å². The molecular weight excluding hydrogens is 324 g/mol. The summed E-state index contributed by atoms with van der Waals surface area (Å²) in [6.45, 7) is 1.01. The molecule has 1 heterocycles. The summed E-state index contributed by atoms with van der Waals surface area (Å²) >= 11 is 0. The zero-order valence-corrected chi connectivity index (χ0v) is 13.8. The summed E-state index contributed by atoms with van der Waals surface area (Å²) in [5.74, 6) is 0.178. The molecule has 3 rings (SSSR count). The van der Waals surface area contributed by atoms with E-state index in [0.29, 0.717) is 24.5 Å². The average Bonchev–Trinajstić information content (AvgIpc) is 2.62. The Kier molecular flexibility index (Phi) is 4.83. The molecule has 0 spiro atoms. The van der Waals surface area contributed by atoms with Gasteiger partial charge in [0, 0.05) is 18.7 Å². The molecule has 0 radical (unpaired) electrons. The van der Waals surface area contributed by atoms with E-state index in [-0.39, 0.29) is 24.2 Å². The molecule has 1 aliphatic rings. The third kappa shape index (κ3) is 3.88. The molecule has 25 heavy (non-hydrogen) atoms. The average molecular weight is 342 g/mol. The Morgan fingerprint density at radius 2 is 2.08 bits per heavy atom. The third-order valence-electron chi connectivity index (χ3n) is 4.05. The molecule has 1 atom stereocenters. The molecule has 0 saturated heterocycles. The van der Waals surface area contributed by atoms with Gasteiger partial charge >= 0.3 is 5.97 Å². The molecule has 0 saturated carbocycles. The highest BCUT2D eigenvalue weighted by Gasteiger charge is 2.29. The lowest BCUT2D eigenvalue weighted by Crippen LogP contribution is -2.41. The lowest BCUT2D eigenvalue weighted by atomic mass is 10.1. The van der Waals surface area contributed by atoms with Crippen LogP contribution in [-0.4, -0.2) is 30.7 Å². The number of hydrogen-bond donors (Lipinski definition) is 0. The van der Waals surface area contributed by atoms with Gasteiger partial charge in [0.2, 0.25) is 0 Å². The molecule has 0 amide bonds. The highest BCUT2D eigenvalue weighted by Crippen LogP contribution is 2.37. The van der Waals surface area contributed by atoms with Gasteiger partial charge in [0.05, 0.1) is 30.7 Å². The van der Waals surface area contributed by atoms with Crippen LogP contribution in [0.3, 0.4) is 0 Å². The summed E-state index contributed by atoms with van der Waals surface area (Å²) in [6, 6.07) is 14.3.